The van der Waals surface area contributed by atoms with Crippen LogP contribution >= 0.6 is 0 Å². The normalized spacial score (nSPS) is 10.4. The predicted octanol–water partition coefficient (Wildman–Crippen LogP) is 1.08. The Balaban J connectivity index is 2.67. The smallest absolute Gasteiger partial charge is 0.204 e. The van der Waals surface area contributed by atoms with Crippen molar-refractivity contribution in [2.75, 3.05) is 0 Å². The van der Waals surface area contributed by atoms with Gasteiger partial charge in [0, 0.05) is 6.20 Å². The molecule has 2 heterocycles. The molecule has 0 atom stereocenters. The van der Waals surface area contributed by atoms with Gasteiger partial charge in [0.15, 0.2) is 5.69 Å². The van der Waals surface area contributed by atoms with Gasteiger partial charge in [-0.05, 0) is 0 Å². The number of fused-ring (bicyclic) bond motifs is 1. The van der Waals surface area contributed by atoms with Crippen molar-refractivity contribution in [1.29, 1.82) is 0 Å². The molecule has 4 heteroatoms. The maximum Gasteiger partial charge on any atom is 0.204 e. The Hall–Kier alpha value is -1.58. The molecule has 0 spiro atoms. The van der Waals surface area contributed by atoms with E-state index < -0.39 is 0 Å². The van der Waals surface area contributed by atoms with Crippen molar-refractivity contribution in [2.24, 2.45) is 0 Å². The molecular formula is C6H5N3O. The first-order valence-corrected chi connectivity index (χ1v) is 2.82. The number of nitrogens with zero attached hydrogens (tertiary/aromatic N) is 3. The maximum absolute atomic E-state index is 5.13. The van der Waals surface area contributed by atoms with Crippen LogP contribution in [0.15, 0.2) is 23.5 Å². The Labute approximate surface area is 57.1 Å². The molecule has 10 heavy (non-hydrogen) atoms. The van der Waals surface area contributed by atoms with E-state index in [2.05, 4.69) is 16.8 Å². The van der Waals surface area contributed by atoms with Crippen LogP contribution in [0.2, 0.25) is 0 Å². The second-order valence-corrected chi connectivity index (χ2v) is 1.86. The summed E-state index contributed by atoms with van der Waals surface area (Å²) in [5.74, 6) is 0.680. The second-order valence-electron chi connectivity index (χ2n) is 1.86. The standard InChI is InChI=1S/C6H5N3O/c1-2-9-4-5-6(10-9)3-7-8-5/h2-4H,1H2. The van der Waals surface area contributed by atoms with Gasteiger partial charge in [-0.3, -0.25) is 0 Å². The van der Waals surface area contributed by atoms with Gasteiger partial charge in [-0.2, -0.15) is 9.84 Å². The quantitative estimate of drug-likeness (QED) is 0.587. The molecule has 0 aliphatic carbocycles. The summed E-state index contributed by atoms with van der Waals surface area (Å²) >= 11 is 0. The first-order chi connectivity index (χ1) is 4.90. The Morgan fingerprint density at radius 2 is 2.60 bits per heavy atom. The van der Waals surface area contributed by atoms with Gasteiger partial charge in [-0.15, -0.1) is 5.10 Å². The highest BCUT2D eigenvalue weighted by atomic mass is 16.5. The zero-order valence-electron chi connectivity index (χ0n) is 5.19. The summed E-state index contributed by atoms with van der Waals surface area (Å²) in [4.78, 5) is 0. The molecule has 0 saturated heterocycles. The molecule has 0 aromatic carbocycles. The number of hydrogen-bond acceptors (Lipinski definition) is 3. The fourth-order valence-corrected chi connectivity index (χ4v) is 0.769. The topological polar surface area (TPSA) is 43.9 Å². The van der Waals surface area contributed by atoms with Gasteiger partial charge in [-0.1, -0.05) is 6.58 Å². The third kappa shape index (κ3) is 0.556. The lowest BCUT2D eigenvalue weighted by Crippen LogP contribution is -1.75. The van der Waals surface area contributed by atoms with Gasteiger partial charge in [0.25, 0.3) is 0 Å². The first-order valence-electron chi connectivity index (χ1n) is 2.82. The fraction of sp³-hybridized carbons (Fsp3) is 0. The monoisotopic (exact) mass is 135 g/mol. The minimum atomic E-state index is 0.680. The first kappa shape index (κ1) is 5.22. The summed E-state index contributed by atoms with van der Waals surface area (Å²) < 4.78 is 6.62. The largest absolute Gasteiger partial charge is 0.372 e. The van der Waals surface area contributed by atoms with E-state index in [1.807, 2.05) is 0 Å². The van der Waals surface area contributed by atoms with E-state index in [0.717, 1.165) is 5.69 Å². The molecule has 2 aliphatic rings. The summed E-state index contributed by atoms with van der Waals surface area (Å²) in [6.07, 6.45) is 4.84. The predicted molar refractivity (Wildman–Crippen MR) is 35.3 cm³/mol. The van der Waals surface area contributed by atoms with E-state index in [-0.39, 0.29) is 0 Å². The van der Waals surface area contributed by atoms with E-state index in [9.17, 15) is 0 Å². The van der Waals surface area contributed by atoms with E-state index in [4.69, 9.17) is 4.52 Å². The lowest BCUT2D eigenvalue weighted by atomic mass is 10.4. The van der Waals surface area contributed by atoms with Crippen molar-refractivity contribution < 1.29 is 4.52 Å². The van der Waals surface area contributed by atoms with E-state index >= 15 is 0 Å². The second kappa shape index (κ2) is 1.70. The van der Waals surface area contributed by atoms with Crippen LogP contribution in [0.5, 0.6) is 0 Å². The number of rotatable bonds is 1. The van der Waals surface area contributed by atoms with Crippen molar-refractivity contribution in [3.8, 4) is 11.5 Å². The van der Waals surface area contributed by atoms with Crippen molar-refractivity contribution >= 4 is 6.20 Å². The van der Waals surface area contributed by atoms with Crippen LogP contribution in [0.1, 0.15) is 0 Å². The van der Waals surface area contributed by atoms with Crippen LogP contribution in [0, 0.1) is 0 Å². The summed E-state index contributed by atoms with van der Waals surface area (Å²) in [5, 5.41) is 7.42. The van der Waals surface area contributed by atoms with Crippen molar-refractivity contribution in [2.45, 2.75) is 0 Å². The highest BCUT2D eigenvalue weighted by molar-refractivity contribution is 5.50. The van der Waals surface area contributed by atoms with Gasteiger partial charge >= 0.3 is 0 Å². The van der Waals surface area contributed by atoms with Crippen LogP contribution in [-0.4, -0.2) is 14.9 Å². The van der Waals surface area contributed by atoms with Gasteiger partial charge in [0.1, 0.15) is 0 Å². The molecule has 0 saturated carbocycles. The molecule has 0 radical (unpaired) electrons. The average molecular weight is 135 g/mol. The highest BCUT2D eigenvalue weighted by Crippen LogP contribution is 2.18. The zero-order chi connectivity index (χ0) is 6.97. The Kier molecular flexibility index (Phi) is 0.887. The van der Waals surface area contributed by atoms with Crippen LogP contribution in [0.3, 0.4) is 0 Å². The molecule has 50 valence electrons. The van der Waals surface area contributed by atoms with E-state index in [1.165, 1.54) is 4.74 Å². The molecule has 0 aromatic heterocycles. The third-order valence-corrected chi connectivity index (χ3v) is 1.23. The van der Waals surface area contributed by atoms with E-state index in [1.54, 1.807) is 18.6 Å². The van der Waals surface area contributed by atoms with Gasteiger partial charge in [0.2, 0.25) is 5.76 Å². The van der Waals surface area contributed by atoms with E-state index in [0.29, 0.717) is 5.76 Å². The maximum atomic E-state index is 5.13. The van der Waals surface area contributed by atoms with Gasteiger partial charge in [-0.25, -0.2) is 0 Å². The molecule has 0 fully saturated rings. The number of hydrogen-bond donors (Lipinski definition) is 0. The summed E-state index contributed by atoms with van der Waals surface area (Å²) in [5.41, 5.74) is 0.750. The Bertz CT molecular complexity index is 296. The number of aromatic nitrogens is 3. The molecule has 4 nitrogen and oxygen atoms in total. The van der Waals surface area contributed by atoms with Crippen molar-refractivity contribution in [3.63, 3.8) is 0 Å². The third-order valence-electron chi connectivity index (χ3n) is 1.23. The lowest BCUT2D eigenvalue weighted by molar-refractivity contribution is 0.375. The molecule has 2 rings (SSSR count). The van der Waals surface area contributed by atoms with Gasteiger partial charge < -0.3 is 4.52 Å². The van der Waals surface area contributed by atoms with Gasteiger partial charge in [0.05, 0.1) is 12.4 Å². The average Bonchev–Trinajstić information content (AvgIpc) is 2.42. The van der Waals surface area contributed by atoms with Crippen molar-refractivity contribution in [1.82, 2.24) is 14.9 Å². The SMILES string of the molecule is C=Cn1cc2nncc-2o1. The van der Waals surface area contributed by atoms with Crippen LogP contribution < -0.4 is 0 Å². The van der Waals surface area contributed by atoms with Crippen LogP contribution in [0.25, 0.3) is 17.7 Å². The molecular weight excluding hydrogens is 130 g/mol. The van der Waals surface area contributed by atoms with Crippen LogP contribution in [-0.2, 0) is 0 Å². The van der Waals surface area contributed by atoms with Crippen LogP contribution in [0.4, 0.5) is 0 Å². The molecule has 0 aromatic rings. The molecule has 0 unspecified atom stereocenters. The molecule has 0 N–H and O–H groups in total. The van der Waals surface area contributed by atoms with Crippen molar-refractivity contribution in [3.05, 3.63) is 19.0 Å². The zero-order valence-corrected chi connectivity index (χ0v) is 5.19. The lowest BCUT2D eigenvalue weighted by Gasteiger charge is -1.82. The molecule has 0 amide bonds. The summed E-state index contributed by atoms with van der Waals surface area (Å²) in [6, 6.07) is 0. The Morgan fingerprint density at radius 1 is 1.70 bits per heavy atom. The highest BCUT2D eigenvalue weighted by Gasteiger charge is 2.09. The summed E-state index contributed by atoms with van der Waals surface area (Å²) in [6.45, 7) is 3.53. The fourth-order valence-electron chi connectivity index (χ4n) is 0.769. The summed E-state index contributed by atoms with van der Waals surface area (Å²) in [7, 11) is 0. The Morgan fingerprint density at radius 3 is 3.30 bits per heavy atom. The minimum absolute atomic E-state index is 0.680. The molecule has 0 bridgehead atoms. The minimum Gasteiger partial charge on any atom is -0.372 e. The molecule has 2 aliphatic heterocycles.